The van der Waals surface area contributed by atoms with Crippen LogP contribution >= 0.6 is 11.8 Å². The summed E-state index contributed by atoms with van der Waals surface area (Å²) in [6.07, 6.45) is 1.95. The van der Waals surface area contributed by atoms with Crippen molar-refractivity contribution in [3.05, 3.63) is 29.8 Å². The number of thioether (sulfide) groups is 1. The lowest BCUT2D eigenvalue weighted by atomic mass is 10.0. The Hall–Kier alpha value is -1.49. The highest BCUT2D eigenvalue weighted by Crippen LogP contribution is 2.15. The van der Waals surface area contributed by atoms with Crippen LogP contribution in [0.4, 0.5) is 0 Å². The van der Waals surface area contributed by atoms with E-state index in [2.05, 4.69) is 5.32 Å². The Bertz CT molecular complexity index is 428. The highest BCUT2D eigenvalue weighted by molar-refractivity contribution is 7.98. The van der Waals surface area contributed by atoms with Crippen LogP contribution in [0.5, 0.6) is 0 Å². The Kier molecular flexibility index (Phi) is 5.22. The molecular weight excluding hydrogens is 250 g/mol. The summed E-state index contributed by atoms with van der Waals surface area (Å²) in [5.41, 5.74) is 0.472. The van der Waals surface area contributed by atoms with Crippen LogP contribution in [0.15, 0.2) is 29.2 Å². The molecule has 0 spiro atoms. The van der Waals surface area contributed by atoms with Crippen molar-refractivity contribution in [1.82, 2.24) is 5.32 Å². The van der Waals surface area contributed by atoms with E-state index in [-0.39, 0.29) is 11.8 Å². The summed E-state index contributed by atoms with van der Waals surface area (Å²) in [7, 11) is 0. The van der Waals surface area contributed by atoms with Gasteiger partial charge in [-0.1, -0.05) is 13.8 Å². The van der Waals surface area contributed by atoms with Gasteiger partial charge in [0.05, 0.1) is 0 Å². The van der Waals surface area contributed by atoms with Gasteiger partial charge in [-0.05, 0) is 36.4 Å². The van der Waals surface area contributed by atoms with Gasteiger partial charge in [0.2, 0.25) is 0 Å². The van der Waals surface area contributed by atoms with E-state index in [4.69, 9.17) is 5.11 Å². The first-order chi connectivity index (χ1) is 8.45. The summed E-state index contributed by atoms with van der Waals surface area (Å²) in [6.45, 7) is 3.52. The zero-order valence-corrected chi connectivity index (χ0v) is 11.5. The zero-order chi connectivity index (χ0) is 13.7. The molecule has 1 rings (SSSR count). The standard InChI is InChI=1S/C13H17NO3S/c1-8(2)11(13(16)17)14-12(15)9-4-6-10(18-3)7-5-9/h4-8,11H,1-3H3,(H,14,15)(H,16,17)/t11-/m0/s1. The predicted molar refractivity (Wildman–Crippen MR) is 72.0 cm³/mol. The normalized spacial score (nSPS) is 12.2. The van der Waals surface area contributed by atoms with Crippen LogP contribution in [0.3, 0.4) is 0 Å². The highest BCUT2D eigenvalue weighted by Gasteiger charge is 2.23. The van der Waals surface area contributed by atoms with E-state index < -0.39 is 12.0 Å². The fourth-order valence-corrected chi connectivity index (χ4v) is 1.89. The summed E-state index contributed by atoms with van der Waals surface area (Å²) in [6, 6.07) is 6.20. The molecule has 2 N–H and O–H groups in total. The van der Waals surface area contributed by atoms with Crippen LogP contribution in [-0.2, 0) is 4.79 Å². The molecule has 1 aromatic rings. The number of aliphatic carboxylic acids is 1. The number of hydrogen-bond acceptors (Lipinski definition) is 3. The van der Waals surface area contributed by atoms with E-state index >= 15 is 0 Å². The van der Waals surface area contributed by atoms with E-state index in [0.717, 1.165) is 4.90 Å². The first-order valence-corrected chi connectivity index (χ1v) is 6.86. The van der Waals surface area contributed by atoms with Crippen LogP contribution in [0, 0.1) is 5.92 Å². The van der Waals surface area contributed by atoms with Gasteiger partial charge in [-0.25, -0.2) is 4.79 Å². The van der Waals surface area contributed by atoms with Gasteiger partial charge in [-0.2, -0.15) is 0 Å². The number of rotatable bonds is 5. The van der Waals surface area contributed by atoms with Gasteiger partial charge in [-0.3, -0.25) is 4.79 Å². The third kappa shape index (κ3) is 3.77. The molecule has 1 amide bonds. The number of amides is 1. The van der Waals surface area contributed by atoms with Gasteiger partial charge in [0, 0.05) is 10.5 Å². The number of benzene rings is 1. The van der Waals surface area contributed by atoms with Crippen molar-refractivity contribution < 1.29 is 14.7 Å². The minimum Gasteiger partial charge on any atom is -0.480 e. The average molecular weight is 267 g/mol. The van der Waals surface area contributed by atoms with Gasteiger partial charge in [0.15, 0.2) is 0 Å². The minimum absolute atomic E-state index is 0.156. The summed E-state index contributed by atoms with van der Waals surface area (Å²) >= 11 is 1.59. The fourth-order valence-electron chi connectivity index (χ4n) is 1.48. The first kappa shape index (κ1) is 14.6. The molecule has 18 heavy (non-hydrogen) atoms. The number of nitrogens with one attached hydrogen (secondary N) is 1. The molecule has 1 atom stereocenters. The first-order valence-electron chi connectivity index (χ1n) is 5.63. The molecule has 0 saturated carbocycles. The van der Waals surface area contributed by atoms with Crippen molar-refractivity contribution in [1.29, 1.82) is 0 Å². The molecule has 0 aromatic heterocycles. The van der Waals surface area contributed by atoms with Crippen LogP contribution in [0.25, 0.3) is 0 Å². The molecule has 98 valence electrons. The Morgan fingerprint density at radius 3 is 2.17 bits per heavy atom. The van der Waals surface area contributed by atoms with E-state index in [1.807, 2.05) is 18.4 Å². The number of carboxylic acid groups (broad SMARTS) is 1. The average Bonchev–Trinajstić information content (AvgIpc) is 2.35. The molecule has 1 aromatic carbocycles. The van der Waals surface area contributed by atoms with Gasteiger partial charge in [-0.15, -0.1) is 11.8 Å². The monoisotopic (exact) mass is 267 g/mol. The van der Waals surface area contributed by atoms with Crippen LogP contribution in [0.1, 0.15) is 24.2 Å². The molecule has 0 radical (unpaired) electrons. The van der Waals surface area contributed by atoms with Crippen LogP contribution in [-0.4, -0.2) is 29.3 Å². The molecule has 0 bridgehead atoms. The maximum Gasteiger partial charge on any atom is 0.326 e. The molecule has 5 heteroatoms. The third-order valence-electron chi connectivity index (χ3n) is 2.57. The largest absolute Gasteiger partial charge is 0.480 e. The van der Waals surface area contributed by atoms with Crippen molar-refractivity contribution in [2.75, 3.05) is 6.26 Å². The lowest BCUT2D eigenvalue weighted by molar-refractivity contribution is -0.140. The Balaban J connectivity index is 2.77. The van der Waals surface area contributed by atoms with Gasteiger partial charge < -0.3 is 10.4 Å². The smallest absolute Gasteiger partial charge is 0.326 e. The zero-order valence-electron chi connectivity index (χ0n) is 10.6. The minimum atomic E-state index is -1.01. The van der Waals surface area contributed by atoms with Crippen molar-refractivity contribution in [3.8, 4) is 0 Å². The molecule has 0 heterocycles. The number of carboxylic acids is 1. The van der Waals surface area contributed by atoms with Crippen LogP contribution in [0.2, 0.25) is 0 Å². The third-order valence-corrected chi connectivity index (χ3v) is 3.32. The van der Waals surface area contributed by atoms with Gasteiger partial charge >= 0.3 is 5.97 Å². The van der Waals surface area contributed by atoms with Crippen LogP contribution < -0.4 is 5.32 Å². The molecule has 0 saturated heterocycles. The lowest BCUT2D eigenvalue weighted by Gasteiger charge is -2.17. The molecule has 0 aliphatic heterocycles. The Morgan fingerprint density at radius 1 is 1.22 bits per heavy atom. The highest BCUT2D eigenvalue weighted by atomic mass is 32.2. The Morgan fingerprint density at radius 2 is 1.78 bits per heavy atom. The SMILES string of the molecule is CSc1ccc(C(=O)N[C@H](C(=O)O)C(C)C)cc1. The molecule has 4 nitrogen and oxygen atoms in total. The quantitative estimate of drug-likeness (QED) is 0.803. The summed E-state index contributed by atoms with van der Waals surface area (Å²) < 4.78 is 0. The van der Waals surface area contributed by atoms with Crippen molar-refractivity contribution in [3.63, 3.8) is 0 Å². The van der Waals surface area contributed by atoms with E-state index in [0.29, 0.717) is 5.56 Å². The molecular formula is C13H17NO3S. The van der Waals surface area contributed by atoms with Gasteiger partial charge in [0.25, 0.3) is 5.91 Å². The van der Waals surface area contributed by atoms with E-state index in [1.54, 1.807) is 37.7 Å². The van der Waals surface area contributed by atoms with E-state index in [1.165, 1.54) is 0 Å². The number of hydrogen-bond donors (Lipinski definition) is 2. The second-order valence-corrected chi connectivity index (χ2v) is 5.14. The number of carbonyl (C=O) groups is 2. The van der Waals surface area contributed by atoms with Crippen molar-refractivity contribution >= 4 is 23.6 Å². The summed E-state index contributed by atoms with van der Waals surface area (Å²) in [5, 5.41) is 11.5. The molecule has 0 fully saturated rings. The van der Waals surface area contributed by atoms with Gasteiger partial charge in [0.1, 0.15) is 6.04 Å². The molecule has 0 unspecified atom stereocenters. The Labute approximate surface area is 111 Å². The number of carbonyl (C=O) groups excluding carboxylic acids is 1. The molecule has 0 aliphatic rings. The van der Waals surface area contributed by atoms with Crippen molar-refractivity contribution in [2.45, 2.75) is 24.8 Å². The second kappa shape index (κ2) is 6.44. The van der Waals surface area contributed by atoms with E-state index in [9.17, 15) is 9.59 Å². The summed E-state index contributed by atoms with van der Waals surface area (Å²) in [4.78, 5) is 23.9. The lowest BCUT2D eigenvalue weighted by Crippen LogP contribution is -2.44. The maximum atomic E-state index is 11.9. The van der Waals surface area contributed by atoms with Crippen molar-refractivity contribution in [2.24, 2.45) is 5.92 Å². The predicted octanol–water partition coefficient (Wildman–Crippen LogP) is 2.25. The topological polar surface area (TPSA) is 66.4 Å². The summed E-state index contributed by atoms with van der Waals surface area (Å²) in [5.74, 6) is -1.53. The second-order valence-electron chi connectivity index (χ2n) is 4.26. The maximum absolute atomic E-state index is 11.9. The molecule has 0 aliphatic carbocycles. The fraction of sp³-hybridized carbons (Fsp3) is 0.385.